The molecular formula is C3H9O9P3. The molecule has 15 heavy (non-hydrogen) atoms. The van der Waals surface area contributed by atoms with Crippen molar-refractivity contribution in [2.45, 2.75) is 5.08 Å². The summed E-state index contributed by atoms with van der Waals surface area (Å²) in [6.45, 7) is 2.75. The van der Waals surface area contributed by atoms with Crippen molar-refractivity contribution in [2.24, 2.45) is 0 Å². The second-order valence-electron chi connectivity index (χ2n) is 2.31. The van der Waals surface area contributed by atoms with Crippen molar-refractivity contribution >= 4 is 23.4 Å². The summed E-state index contributed by atoms with van der Waals surface area (Å²) in [6, 6.07) is 0. The fraction of sp³-hybridized carbons (Fsp3) is 0.333. The molecule has 0 aromatic rings. The number of hydrogen-bond donors (Lipinski definition) is 5. The highest BCUT2D eigenvalue weighted by atomic mass is 31.3. The van der Waals surface area contributed by atoms with E-state index >= 15 is 0 Å². The van der Waals surface area contributed by atoms with Crippen LogP contribution in [0.1, 0.15) is 0 Å². The van der Waals surface area contributed by atoms with Crippen LogP contribution in [-0.2, 0) is 18.0 Å². The Morgan fingerprint density at radius 3 is 1.93 bits per heavy atom. The highest BCUT2D eigenvalue weighted by molar-refractivity contribution is 7.75. The van der Waals surface area contributed by atoms with Crippen molar-refractivity contribution in [3.8, 4) is 0 Å². The first-order valence-corrected chi connectivity index (χ1v) is 7.60. The predicted octanol–water partition coefficient (Wildman–Crippen LogP) is -0.420. The van der Waals surface area contributed by atoms with E-state index in [0.717, 1.165) is 0 Å². The topological polar surface area (TPSA) is 162 Å². The van der Waals surface area contributed by atoms with Gasteiger partial charge in [-0.15, -0.1) is 0 Å². The molecule has 0 saturated carbocycles. The normalized spacial score (nSPS) is 22.5. The summed E-state index contributed by atoms with van der Waals surface area (Å²) in [4.78, 5) is 34.3. The number of rotatable bonds is 5. The van der Waals surface area contributed by atoms with Gasteiger partial charge in [-0.3, -0.25) is 13.7 Å². The molecule has 0 rings (SSSR count). The monoisotopic (exact) mass is 282 g/mol. The van der Waals surface area contributed by atoms with E-state index in [9.17, 15) is 18.8 Å². The average Bonchev–Trinajstić information content (AvgIpc) is 1.97. The molecule has 3 atom stereocenters. The maximum absolute atomic E-state index is 11.1. The summed E-state index contributed by atoms with van der Waals surface area (Å²) in [6.07, 6.45) is 0.0827. The van der Waals surface area contributed by atoms with E-state index in [1.165, 1.54) is 0 Å². The minimum Gasteiger partial charge on any atom is -0.364 e. The van der Waals surface area contributed by atoms with Gasteiger partial charge in [0.2, 0.25) is 0 Å². The summed E-state index contributed by atoms with van der Waals surface area (Å²) in [5, 5.41) is 5.57. The van der Waals surface area contributed by atoms with E-state index in [1.807, 2.05) is 0 Å². The van der Waals surface area contributed by atoms with E-state index in [2.05, 4.69) is 10.9 Å². The number of aliphatic hydroxyl groups is 1. The zero-order valence-electron chi connectivity index (χ0n) is 7.05. The van der Waals surface area contributed by atoms with Gasteiger partial charge in [0.15, 0.2) is 0 Å². The first kappa shape index (κ1) is 15.2. The maximum atomic E-state index is 11.1. The molecule has 0 bridgehead atoms. The SMILES string of the molecule is C=CC(O)(P(=O)(O)O)P(=O)(O)O[PH](=O)O. The van der Waals surface area contributed by atoms with Crippen molar-refractivity contribution < 1.29 is 42.7 Å². The van der Waals surface area contributed by atoms with Crippen LogP contribution in [-0.4, -0.2) is 29.8 Å². The Morgan fingerprint density at radius 1 is 1.33 bits per heavy atom. The lowest BCUT2D eigenvalue weighted by molar-refractivity contribution is 0.170. The van der Waals surface area contributed by atoms with Crippen LogP contribution in [0.3, 0.4) is 0 Å². The van der Waals surface area contributed by atoms with E-state index in [-0.39, 0.29) is 6.08 Å². The molecule has 3 unspecified atom stereocenters. The Morgan fingerprint density at radius 2 is 1.73 bits per heavy atom. The summed E-state index contributed by atoms with van der Waals surface area (Å²) in [7, 11) is -14.9. The van der Waals surface area contributed by atoms with Crippen LogP contribution in [0.15, 0.2) is 12.7 Å². The summed E-state index contributed by atoms with van der Waals surface area (Å²) < 4.78 is 35.5. The smallest absolute Gasteiger partial charge is 0.364 e. The van der Waals surface area contributed by atoms with Gasteiger partial charge in [-0.2, -0.15) is 0 Å². The molecule has 5 N–H and O–H groups in total. The van der Waals surface area contributed by atoms with Crippen LogP contribution in [0.4, 0.5) is 0 Å². The lowest BCUT2D eigenvalue weighted by Crippen LogP contribution is -2.25. The molecule has 0 amide bonds. The molecule has 0 aliphatic heterocycles. The van der Waals surface area contributed by atoms with Gasteiger partial charge in [0.1, 0.15) is 0 Å². The molecule has 0 saturated heterocycles. The third-order valence-electron chi connectivity index (χ3n) is 1.32. The Kier molecular flexibility index (Phi) is 4.65. The summed E-state index contributed by atoms with van der Waals surface area (Å²) in [5.41, 5.74) is 0. The van der Waals surface area contributed by atoms with Crippen LogP contribution in [0.2, 0.25) is 0 Å². The first-order chi connectivity index (χ1) is 6.48. The molecule has 12 heteroatoms. The molecule has 0 aliphatic carbocycles. The minimum atomic E-state index is -5.50. The van der Waals surface area contributed by atoms with Crippen molar-refractivity contribution in [1.29, 1.82) is 0 Å². The molecule has 0 fully saturated rings. The van der Waals surface area contributed by atoms with Crippen molar-refractivity contribution in [1.82, 2.24) is 0 Å². The highest BCUT2D eigenvalue weighted by Crippen LogP contribution is 2.72. The van der Waals surface area contributed by atoms with E-state index in [4.69, 9.17) is 19.6 Å². The largest absolute Gasteiger partial charge is 0.383 e. The zero-order valence-corrected chi connectivity index (χ0v) is 9.84. The van der Waals surface area contributed by atoms with Crippen LogP contribution in [0.25, 0.3) is 0 Å². The van der Waals surface area contributed by atoms with Crippen molar-refractivity contribution in [2.75, 3.05) is 0 Å². The lowest BCUT2D eigenvalue weighted by Gasteiger charge is -2.27. The Labute approximate surface area is 84.7 Å². The predicted molar refractivity (Wildman–Crippen MR) is 49.3 cm³/mol. The highest BCUT2D eigenvalue weighted by Gasteiger charge is 2.59. The van der Waals surface area contributed by atoms with Gasteiger partial charge in [-0.05, 0) is 6.08 Å². The quantitative estimate of drug-likeness (QED) is 0.333. The Balaban J connectivity index is 5.50. The zero-order chi connectivity index (χ0) is 12.5. The minimum absolute atomic E-state index is 0.0827. The van der Waals surface area contributed by atoms with Crippen molar-refractivity contribution in [3.05, 3.63) is 12.7 Å². The van der Waals surface area contributed by atoms with Crippen LogP contribution < -0.4 is 0 Å². The summed E-state index contributed by atoms with van der Waals surface area (Å²) in [5.74, 6) is 0. The lowest BCUT2D eigenvalue weighted by atomic mass is 10.7. The van der Waals surface area contributed by atoms with Crippen molar-refractivity contribution in [3.63, 3.8) is 0 Å². The third-order valence-corrected chi connectivity index (χ3v) is 6.53. The molecule has 90 valence electrons. The van der Waals surface area contributed by atoms with E-state index in [1.54, 1.807) is 0 Å². The second kappa shape index (κ2) is 4.59. The Hall–Kier alpha value is 0.190. The van der Waals surface area contributed by atoms with Gasteiger partial charge in [-0.1, -0.05) is 6.58 Å². The standard InChI is InChI=1S/C3H9O9P3/c1-2-3(4,14(7,8)9)15(10,11)12-13(5)6/h2,4,13H,1H2,(H,5,6)(H,10,11)(H2,7,8,9). The van der Waals surface area contributed by atoms with Crippen LogP contribution in [0.5, 0.6) is 0 Å². The number of hydrogen-bond acceptors (Lipinski definition) is 5. The average molecular weight is 282 g/mol. The van der Waals surface area contributed by atoms with E-state index in [0.29, 0.717) is 0 Å². The molecule has 0 heterocycles. The molecule has 0 aliphatic rings. The van der Waals surface area contributed by atoms with Gasteiger partial charge in [-0.25, -0.2) is 4.31 Å². The Bertz CT molecular complexity index is 369. The summed E-state index contributed by atoms with van der Waals surface area (Å²) >= 11 is 0. The fourth-order valence-corrected chi connectivity index (χ4v) is 4.11. The van der Waals surface area contributed by atoms with Gasteiger partial charge in [0, 0.05) is 0 Å². The van der Waals surface area contributed by atoms with Crippen LogP contribution >= 0.6 is 23.4 Å². The van der Waals surface area contributed by atoms with Gasteiger partial charge >= 0.3 is 23.4 Å². The van der Waals surface area contributed by atoms with Gasteiger partial charge in [0.05, 0.1) is 0 Å². The fourth-order valence-electron chi connectivity index (χ4n) is 0.572. The second-order valence-corrected chi connectivity index (χ2v) is 7.42. The van der Waals surface area contributed by atoms with Crippen LogP contribution in [0, 0.1) is 0 Å². The molecule has 9 nitrogen and oxygen atoms in total. The van der Waals surface area contributed by atoms with Gasteiger partial charge in [0.25, 0.3) is 5.08 Å². The molecule has 0 aromatic carbocycles. The molecule has 0 spiro atoms. The van der Waals surface area contributed by atoms with E-state index < -0.39 is 28.5 Å². The van der Waals surface area contributed by atoms with Gasteiger partial charge < -0.3 is 24.7 Å². The molecule has 0 aromatic heterocycles. The molecular weight excluding hydrogens is 273 g/mol. The molecule has 0 radical (unpaired) electrons. The first-order valence-electron chi connectivity index (χ1n) is 3.15. The third kappa shape index (κ3) is 3.07. The maximum Gasteiger partial charge on any atom is 0.383 e.